The fourth-order valence-electron chi connectivity index (χ4n) is 2.56. The van der Waals surface area contributed by atoms with Crippen molar-refractivity contribution in [2.24, 2.45) is 0 Å². The first kappa shape index (κ1) is 11.5. The molecule has 0 saturated heterocycles. The summed E-state index contributed by atoms with van der Waals surface area (Å²) in [7, 11) is 0. The maximum atomic E-state index is 9.84. The number of aliphatic hydroxyl groups excluding tert-OH is 1. The lowest BCUT2D eigenvalue weighted by atomic mass is 9.96. The second-order valence-electron chi connectivity index (χ2n) is 4.72. The molecule has 0 spiro atoms. The Kier molecular flexibility index (Phi) is 2.90. The van der Waals surface area contributed by atoms with Gasteiger partial charge in [0.25, 0.3) is 0 Å². The summed E-state index contributed by atoms with van der Waals surface area (Å²) in [5.41, 5.74) is 3.39. The van der Waals surface area contributed by atoms with Gasteiger partial charge in [-0.25, -0.2) is 0 Å². The number of ether oxygens (including phenoxy) is 1. The Morgan fingerprint density at radius 2 is 1.56 bits per heavy atom. The van der Waals surface area contributed by atoms with Crippen molar-refractivity contribution < 1.29 is 9.84 Å². The summed E-state index contributed by atoms with van der Waals surface area (Å²) in [6.07, 6.45) is -0.798. The van der Waals surface area contributed by atoms with Crippen LogP contribution in [0.15, 0.2) is 54.6 Å². The van der Waals surface area contributed by atoms with E-state index in [1.165, 1.54) is 0 Å². The van der Waals surface area contributed by atoms with E-state index in [4.69, 9.17) is 4.74 Å². The van der Waals surface area contributed by atoms with E-state index in [1.807, 2.05) is 36.4 Å². The molecule has 0 aliphatic carbocycles. The molecule has 0 radical (unpaired) electrons. The molecule has 3 rings (SSSR count). The maximum Gasteiger partial charge on any atom is 0.110 e. The smallest absolute Gasteiger partial charge is 0.110 e. The molecule has 0 saturated carbocycles. The summed E-state index contributed by atoms with van der Waals surface area (Å²) < 4.78 is 6.03. The molecule has 92 valence electrons. The third kappa shape index (κ3) is 1.84. The van der Waals surface area contributed by atoms with E-state index in [0.717, 1.165) is 16.7 Å². The Morgan fingerprint density at radius 1 is 0.944 bits per heavy atom. The fourth-order valence-corrected chi connectivity index (χ4v) is 2.56. The minimum atomic E-state index is -0.500. The van der Waals surface area contributed by atoms with Crippen LogP contribution in [0, 0.1) is 0 Å². The first-order chi connectivity index (χ1) is 8.77. The van der Waals surface area contributed by atoms with Gasteiger partial charge in [0.1, 0.15) is 12.2 Å². The number of rotatable bonds is 2. The highest BCUT2D eigenvalue weighted by molar-refractivity contribution is 5.41. The van der Waals surface area contributed by atoms with Crippen molar-refractivity contribution in [1.29, 1.82) is 0 Å². The maximum absolute atomic E-state index is 9.84. The lowest BCUT2D eigenvalue weighted by Gasteiger charge is -2.16. The topological polar surface area (TPSA) is 29.5 Å². The molecule has 2 aromatic rings. The van der Waals surface area contributed by atoms with Crippen molar-refractivity contribution in [3.63, 3.8) is 0 Å². The standard InChI is InChI=1S/C16H16O2/c1-11(17)15-13-9-5-6-10-14(13)16(18-15)12-7-3-2-4-8-12/h2-11,15-17H,1H3/t11-,15-,16+/m1/s1. The van der Waals surface area contributed by atoms with E-state index in [1.54, 1.807) is 6.92 Å². The zero-order valence-corrected chi connectivity index (χ0v) is 10.3. The van der Waals surface area contributed by atoms with E-state index in [2.05, 4.69) is 18.2 Å². The summed E-state index contributed by atoms with van der Waals surface area (Å²) in [5.74, 6) is 0. The number of fused-ring (bicyclic) bond motifs is 1. The Labute approximate surface area is 107 Å². The lowest BCUT2D eigenvalue weighted by Crippen LogP contribution is -2.14. The Morgan fingerprint density at radius 3 is 2.22 bits per heavy atom. The van der Waals surface area contributed by atoms with Crippen LogP contribution in [0.2, 0.25) is 0 Å². The summed E-state index contributed by atoms with van der Waals surface area (Å²) in [6.45, 7) is 1.77. The summed E-state index contributed by atoms with van der Waals surface area (Å²) in [4.78, 5) is 0. The van der Waals surface area contributed by atoms with Crippen LogP contribution in [-0.4, -0.2) is 11.2 Å². The fraction of sp³-hybridized carbons (Fsp3) is 0.250. The van der Waals surface area contributed by atoms with Gasteiger partial charge in [0.05, 0.1) is 6.10 Å². The third-order valence-corrected chi connectivity index (χ3v) is 3.41. The Bertz CT molecular complexity index is 534. The van der Waals surface area contributed by atoms with Crippen LogP contribution in [0.3, 0.4) is 0 Å². The van der Waals surface area contributed by atoms with Gasteiger partial charge in [0, 0.05) is 0 Å². The molecule has 0 aromatic heterocycles. The van der Waals surface area contributed by atoms with Gasteiger partial charge in [-0.2, -0.15) is 0 Å². The molecule has 0 fully saturated rings. The quantitative estimate of drug-likeness (QED) is 0.873. The van der Waals surface area contributed by atoms with Gasteiger partial charge in [0.2, 0.25) is 0 Å². The minimum Gasteiger partial charge on any atom is -0.390 e. The molecular weight excluding hydrogens is 224 g/mol. The lowest BCUT2D eigenvalue weighted by molar-refractivity contribution is -0.0402. The molecule has 1 aliphatic rings. The third-order valence-electron chi connectivity index (χ3n) is 3.41. The van der Waals surface area contributed by atoms with Crippen LogP contribution in [0.1, 0.15) is 35.8 Å². The van der Waals surface area contributed by atoms with Gasteiger partial charge in [-0.05, 0) is 23.6 Å². The van der Waals surface area contributed by atoms with E-state index in [-0.39, 0.29) is 12.2 Å². The number of benzene rings is 2. The molecule has 1 N–H and O–H groups in total. The number of hydrogen-bond donors (Lipinski definition) is 1. The van der Waals surface area contributed by atoms with Crippen LogP contribution >= 0.6 is 0 Å². The van der Waals surface area contributed by atoms with E-state index < -0.39 is 6.10 Å². The van der Waals surface area contributed by atoms with Gasteiger partial charge in [0.15, 0.2) is 0 Å². The molecule has 3 atom stereocenters. The molecule has 0 amide bonds. The summed E-state index contributed by atoms with van der Waals surface area (Å²) in [5, 5.41) is 9.84. The van der Waals surface area contributed by atoms with Crippen molar-refractivity contribution >= 4 is 0 Å². The van der Waals surface area contributed by atoms with Crippen molar-refractivity contribution in [3.05, 3.63) is 71.3 Å². The van der Waals surface area contributed by atoms with Gasteiger partial charge in [-0.1, -0.05) is 54.6 Å². The van der Waals surface area contributed by atoms with Gasteiger partial charge in [-0.15, -0.1) is 0 Å². The predicted octanol–water partition coefficient (Wildman–Crippen LogP) is 3.23. The normalized spacial score (nSPS) is 23.7. The first-order valence-electron chi connectivity index (χ1n) is 6.24. The largest absolute Gasteiger partial charge is 0.390 e. The molecule has 2 aromatic carbocycles. The Balaban J connectivity index is 2.05. The molecular formula is C16H16O2. The van der Waals surface area contributed by atoms with Crippen molar-refractivity contribution in [3.8, 4) is 0 Å². The van der Waals surface area contributed by atoms with Crippen molar-refractivity contribution in [1.82, 2.24) is 0 Å². The number of hydrogen-bond acceptors (Lipinski definition) is 2. The van der Waals surface area contributed by atoms with Crippen LogP contribution in [0.4, 0.5) is 0 Å². The van der Waals surface area contributed by atoms with Crippen LogP contribution < -0.4 is 0 Å². The van der Waals surface area contributed by atoms with Gasteiger partial charge in [-0.3, -0.25) is 0 Å². The molecule has 1 heterocycles. The van der Waals surface area contributed by atoms with E-state index >= 15 is 0 Å². The van der Waals surface area contributed by atoms with Crippen molar-refractivity contribution in [2.75, 3.05) is 0 Å². The summed E-state index contributed by atoms with van der Waals surface area (Å²) >= 11 is 0. The summed E-state index contributed by atoms with van der Waals surface area (Å²) in [6, 6.07) is 18.3. The first-order valence-corrected chi connectivity index (χ1v) is 6.24. The van der Waals surface area contributed by atoms with Crippen LogP contribution in [-0.2, 0) is 4.74 Å². The molecule has 1 aliphatic heterocycles. The average molecular weight is 240 g/mol. The SMILES string of the molecule is C[C@@H](O)[C@H]1O[C@@H](c2ccccc2)c2ccccc21. The second kappa shape index (κ2) is 4.56. The highest BCUT2D eigenvalue weighted by Gasteiger charge is 2.34. The Hall–Kier alpha value is -1.64. The minimum absolute atomic E-state index is 0.0676. The van der Waals surface area contributed by atoms with E-state index in [9.17, 15) is 5.11 Å². The van der Waals surface area contributed by atoms with Gasteiger partial charge < -0.3 is 9.84 Å². The molecule has 0 unspecified atom stereocenters. The zero-order valence-electron chi connectivity index (χ0n) is 10.3. The number of aliphatic hydroxyl groups is 1. The molecule has 2 heteroatoms. The van der Waals surface area contributed by atoms with Crippen molar-refractivity contribution in [2.45, 2.75) is 25.2 Å². The molecule has 18 heavy (non-hydrogen) atoms. The monoisotopic (exact) mass is 240 g/mol. The van der Waals surface area contributed by atoms with Crippen LogP contribution in [0.5, 0.6) is 0 Å². The highest BCUT2D eigenvalue weighted by atomic mass is 16.5. The van der Waals surface area contributed by atoms with Crippen LogP contribution in [0.25, 0.3) is 0 Å². The zero-order chi connectivity index (χ0) is 12.5. The predicted molar refractivity (Wildman–Crippen MR) is 70.2 cm³/mol. The second-order valence-corrected chi connectivity index (χ2v) is 4.72. The highest BCUT2D eigenvalue weighted by Crippen LogP contribution is 2.43. The molecule has 0 bridgehead atoms. The van der Waals surface area contributed by atoms with Gasteiger partial charge >= 0.3 is 0 Å². The van der Waals surface area contributed by atoms with E-state index in [0.29, 0.717) is 0 Å². The molecule has 2 nitrogen and oxygen atoms in total. The average Bonchev–Trinajstić information content (AvgIpc) is 2.79.